The molecule has 2 aliphatic rings. The number of amides is 2. The van der Waals surface area contributed by atoms with Gasteiger partial charge < -0.3 is 47.4 Å². The second-order valence-electron chi connectivity index (χ2n) is 28.7. The van der Waals surface area contributed by atoms with Crippen molar-refractivity contribution in [2.75, 3.05) is 25.6 Å². The highest BCUT2D eigenvalue weighted by Gasteiger charge is 2.42. The first-order chi connectivity index (χ1) is 55.7. The number of aliphatic hydroxyl groups excluding tert-OH is 1. The average Bonchev–Trinajstić information content (AvgIpc) is 1.55. The van der Waals surface area contributed by atoms with Crippen molar-refractivity contribution < 1.29 is 92.8 Å². The number of Topliss-reactive ketones (excluding diaryl/α,β-unsaturated/α-hetero) is 2. The third-order valence-electron chi connectivity index (χ3n) is 20.2. The molecule has 117 heavy (non-hydrogen) atoms. The van der Waals surface area contributed by atoms with Gasteiger partial charge in [-0.3, -0.25) is 28.8 Å². The number of rotatable bonds is 27. The summed E-state index contributed by atoms with van der Waals surface area (Å²) in [4.78, 5) is 112. The molecule has 0 saturated heterocycles. The fourth-order valence-electron chi connectivity index (χ4n) is 14.3. The van der Waals surface area contributed by atoms with Gasteiger partial charge in [0.15, 0.2) is 37.3 Å². The molecule has 13 rings (SSSR count). The highest BCUT2D eigenvalue weighted by atomic mass is 35.5. The van der Waals surface area contributed by atoms with E-state index in [1.165, 1.54) is 51.1 Å². The van der Waals surface area contributed by atoms with Gasteiger partial charge in [-0.15, -0.1) is 0 Å². The largest absolute Gasteiger partial charge is 0.464 e. The fourth-order valence-corrected chi connectivity index (χ4v) is 17.3. The highest BCUT2D eigenvalue weighted by molar-refractivity contribution is 7.91. The van der Waals surface area contributed by atoms with Crippen LogP contribution in [0.15, 0.2) is 231 Å². The van der Waals surface area contributed by atoms with Crippen molar-refractivity contribution in [1.29, 1.82) is 0 Å². The molecule has 6 atom stereocenters. The number of ketones is 2. The maximum Gasteiger partial charge on any atom is 0.338 e. The van der Waals surface area contributed by atoms with Crippen molar-refractivity contribution in [2.24, 2.45) is 11.8 Å². The van der Waals surface area contributed by atoms with Crippen molar-refractivity contribution in [1.82, 2.24) is 9.80 Å². The zero-order valence-electron chi connectivity index (χ0n) is 64.2. The van der Waals surface area contributed by atoms with Gasteiger partial charge in [-0.2, -0.15) is 0 Å². The first kappa shape index (κ1) is 85.6. The summed E-state index contributed by atoms with van der Waals surface area (Å²) in [5.74, 6) is -7.56. The Labute approximate surface area is 695 Å². The summed E-state index contributed by atoms with van der Waals surface area (Å²) in [5.41, 5.74) is 6.68. The van der Waals surface area contributed by atoms with Gasteiger partial charge in [0.25, 0.3) is 11.8 Å². The predicted octanol–water partition coefficient (Wildman–Crippen LogP) is 16.2. The summed E-state index contributed by atoms with van der Waals surface area (Å²) in [6.45, 7) is 6.44. The van der Waals surface area contributed by atoms with Gasteiger partial charge in [-0.1, -0.05) is 174 Å². The van der Waals surface area contributed by atoms with E-state index in [1.807, 2.05) is 115 Å². The number of halogens is 4. The minimum atomic E-state index is -3.62. The molecule has 0 bridgehead atoms. The standard InChI is InChI=1S/C54H47Cl2NO10S.C35H33Cl2NO10S/c1-34(67-54(41-15-7-4-8-16-41,42-17-9-5-10-18-42)43-19-11-6-12-20-43)52(60)65-35(2)66-53(61)39(28-36-14-13-21-44(29-36)68(3,62)63)31-47(58)49-46(55)30-40-33-57(26-24-45(40)50(49)56)51(59)38-23-22-37-25-27-64-48(37)32-38;1-19(39)34(42)47-20(2)48-35(43)24(13-21-5-4-6-26(14-21)49(3,44)45)16-29(40)31-28(36)15-25-18-38(11-9-27(25)32(31)37)33(41)23-8-7-22-10-12-46-30(22)17-23/h4-23,25,27,29-30,32,34-35,39H,24,26,28,31,33H2,1-3H3;4-8,10,12,14-15,17,19-20,24,39H,9,11,13,16,18H2,1-3H3/t34-,35?,39-;19-,20?,24-/m11/s1. The summed E-state index contributed by atoms with van der Waals surface area (Å²) in [6, 6.07) is 57.8. The third-order valence-corrected chi connectivity index (χ3v) is 23.8. The van der Waals surface area contributed by atoms with E-state index >= 15 is 0 Å². The first-order valence-electron chi connectivity index (χ1n) is 37.3. The van der Waals surface area contributed by atoms with E-state index in [-0.39, 0.29) is 78.8 Å². The summed E-state index contributed by atoms with van der Waals surface area (Å²) in [7, 11) is -7.19. The van der Waals surface area contributed by atoms with Crippen LogP contribution in [0.2, 0.25) is 20.1 Å². The van der Waals surface area contributed by atoms with Crippen molar-refractivity contribution in [3.63, 3.8) is 0 Å². The molecular formula is C89H80Cl4N2O20S2. The van der Waals surface area contributed by atoms with Crippen molar-refractivity contribution in [2.45, 2.75) is 119 Å². The van der Waals surface area contributed by atoms with Crippen LogP contribution in [0.3, 0.4) is 0 Å². The number of hydrogen-bond acceptors (Lipinski definition) is 20. The lowest BCUT2D eigenvalue weighted by Gasteiger charge is -2.37. The number of carbonyl (C=O) groups is 8. The van der Waals surface area contributed by atoms with Gasteiger partial charge in [-0.05, 0) is 162 Å². The zero-order chi connectivity index (χ0) is 83.8. The van der Waals surface area contributed by atoms with Crippen LogP contribution in [0.5, 0.6) is 0 Å². The Morgan fingerprint density at radius 2 is 0.838 bits per heavy atom. The Morgan fingerprint density at radius 1 is 0.462 bits per heavy atom. The molecule has 1 N–H and O–H groups in total. The second-order valence-corrected chi connectivity index (χ2v) is 34.3. The predicted molar refractivity (Wildman–Crippen MR) is 438 cm³/mol. The lowest BCUT2D eigenvalue weighted by molar-refractivity contribution is -0.198. The molecule has 2 aromatic heterocycles. The van der Waals surface area contributed by atoms with E-state index in [0.29, 0.717) is 81.6 Å². The Hall–Kier alpha value is -10.8. The quantitative estimate of drug-likeness (QED) is 0.0216. The van der Waals surface area contributed by atoms with Gasteiger partial charge >= 0.3 is 23.9 Å². The number of nitrogens with zero attached hydrogens (tertiary/aromatic N) is 2. The fraction of sp³-hybridized carbons (Fsp3) is 0.258. The molecule has 0 spiro atoms. The van der Waals surface area contributed by atoms with Crippen LogP contribution < -0.4 is 0 Å². The number of fused-ring (bicyclic) bond motifs is 4. The third kappa shape index (κ3) is 20.1. The Kier molecular flexibility index (Phi) is 26.9. The van der Waals surface area contributed by atoms with Crippen LogP contribution in [0.25, 0.3) is 21.9 Å². The molecular weight excluding hydrogens is 1620 g/mol. The molecule has 2 amide bonds. The second kappa shape index (κ2) is 36.8. The van der Waals surface area contributed by atoms with Crippen LogP contribution in [0, 0.1) is 11.8 Å². The summed E-state index contributed by atoms with van der Waals surface area (Å²) in [5, 5.41) is 11.5. The maximum atomic E-state index is 14.3. The van der Waals surface area contributed by atoms with Gasteiger partial charge in [0.1, 0.15) is 22.9 Å². The number of sulfone groups is 2. The molecule has 0 saturated carbocycles. The lowest BCUT2D eigenvalue weighted by atomic mass is 9.80. The molecule has 4 heterocycles. The summed E-state index contributed by atoms with van der Waals surface area (Å²) < 4.78 is 88.7. The van der Waals surface area contributed by atoms with Gasteiger partial charge in [0, 0.05) is 87.3 Å². The summed E-state index contributed by atoms with van der Waals surface area (Å²) in [6.07, 6.45) is -0.688. The zero-order valence-corrected chi connectivity index (χ0v) is 68.8. The maximum absolute atomic E-state index is 14.3. The van der Waals surface area contributed by atoms with Crippen molar-refractivity contribution in [3.05, 3.63) is 305 Å². The van der Waals surface area contributed by atoms with Gasteiger partial charge in [0.05, 0.1) is 65.4 Å². The van der Waals surface area contributed by atoms with E-state index in [1.54, 1.807) is 83.8 Å². The average molecular weight is 1700 g/mol. The van der Waals surface area contributed by atoms with E-state index in [2.05, 4.69) is 0 Å². The number of carbonyl (C=O) groups excluding carboxylic acids is 8. The number of benzene rings is 9. The number of aliphatic hydroxyl groups is 1. The molecule has 22 nitrogen and oxygen atoms in total. The Morgan fingerprint density at radius 3 is 1.21 bits per heavy atom. The number of esters is 4. The van der Waals surface area contributed by atoms with Crippen LogP contribution in [-0.2, 0) is 107 Å². The number of ether oxygens (including phenoxy) is 5. The molecule has 0 aliphatic carbocycles. The van der Waals surface area contributed by atoms with Crippen LogP contribution in [-0.4, -0.2) is 129 Å². The topological polar surface area (TPSA) is 304 Å². The normalized spacial score (nSPS) is 14.4. The van der Waals surface area contributed by atoms with E-state index in [0.717, 1.165) is 40.0 Å². The Balaban J connectivity index is 0.000000227. The minimum Gasteiger partial charge on any atom is -0.464 e. The minimum absolute atomic E-state index is 0.00130. The van der Waals surface area contributed by atoms with Crippen molar-refractivity contribution in [3.8, 4) is 0 Å². The summed E-state index contributed by atoms with van der Waals surface area (Å²) >= 11 is 27.2. The molecule has 28 heteroatoms. The van der Waals surface area contributed by atoms with Crippen molar-refractivity contribution >= 4 is 135 Å². The molecule has 606 valence electrons. The molecule has 0 radical (unpaired) electrons. The monoisotopic (exact) mass is 1700 g/mol. The Bertz CT molecular complexity index is 5760. The lowest BCUT2D eigenvalue weighted by Crippen LogP contribution is -2.40. The van der Waals surface area contributed by atoms with E-state index < -0.39 is 110 Å². The van der Waals surface area contributed by atoms with Gasteiger partial charge in [-0.25, -0.2) is 26.4 Å². The van der Waals surface area contributed by atoms with E-state index in [9.17, 15) is 60.3 Å². The molecule has 2 aliphatic heterocycles. The molecule has 2 unspecified atom stereocenters. The first-order valence-corrected chi connectivity index (χ1v) is 42.5. The molecule has 9 aromatic carbocycles. The van der Waals surface area contributed by atoms with Crippen LogP contribution >= 0.6 is 46.4 Å². The SMILES string of the molecule is CC(OC(=O)[C@@H](CC(=O)c1c(Cl)cc2c(c1Cl)CCN(C(=O)c1ccc3ccoc3c1)C2)Cc1cccc(S(C)(=O)=O)c1)OC(=O)[C@@H](C)O.CC(OC(=O)[C@@H](CC(=O)c1c(Cl)cc2c(c1Cl)CCN(C(=O)c1ccc3ccoc3c1)C2)Cc1cccc(S(C)(=O)=O)c1)OC(=O)[C@@H](C)OC(c1ccccc1)(c1ccccc1)c1ccccc1. The number of furan rings is 2. The number of hydrogen-bond donors (Lipinski definition) is 1. The van der Waals surface area contributed by atoms with Gasteiger partial charge in [0.2, 0.25) is 12.6 Å². The molecule has 11 aromatic rings. The molecule has 0 fully saturated rings. The van der Waals surface area contributed by atoms with Crippen LogP contribution in [0.4, 0.5) is 0 Å². The smallest absolute Gasteiger partial charge is 0.338 e. The highest BCUT2D eigenvalue weighted by Crippen LogP contribution is 2.43. The van der Waals surface area contributed by atoms with Crippen LogP contribution in [0.1, 0.15) is 132 Å². The van der Waals surface area contributed by atoms with E-state index in [4.69, 9.17) is 78.9 Å².